The number of aryl methyl sites for hydroxylation is 1. The first kappa shape index (κ1) is 11.8. The van der Waals surface area contributed by atoms with Gasteiger partial charge in [-0.15, -0.1) is 0 Å². The molecule has 5 nitrogen and oxygen atoms in total. The maximum atomic E-state index is 12.3. The fourth-order valence-corrected chi connectivity index (χ4v) is 2.34. The molecule has 1 atom stereocenters. The van der Waals surface area contributed by atoms with Gasteiger partial charge >= 0.3 is 6.01 Å². The van der Waals surface area contributed by atoms with E-state index in [9.17, 15) is 4.79 Å². The van der Waals surface area contributed by atoms with Crippen LogP contribution in [0.3, 0.4) is 0 Å². The van der Waals surface area contributed by atoms with E-state index in [1.807, 2.05) is 31.2 Å². The number of carbonyl (C=O) groups excluding carboxylic acids is 1. The Bertz CT molecular complexity index is 606. The average molecular weight is 257 g/mol. The van der Waals surface area contributed by atoms with E-state index in [0.29, 0.717) is 0 Å². The van der Waals surface area contributed by atoms with Crippen molar-refractivity contribution in [3.05, 3.63) is 41.8 Å². The summed E-state index contributed by atoms with van der Waals surface area (Å²) < 4.78 is 5.16. The van der Waals surface area contributed by atoms with Crippen LogP contribution in [0.2, 0.25) is 0 Å². The van der Waals surface area contributed by atoms with Crippen LogP contribution in [0.15, 0.2) is 34.9 Å². The molecule has 0 spiro atoms. The molecule has 2 N–H and O–H groups in total. The van der Waals surface area contributed by atoms with Crippen molar-refractivity contribution in [1.29, 1.82) is 0 Å². The van der Waals surface area contributed by atoms with Gasteiger partial charge in [-0.1, -0.05) is 18.2 Å². The van der Waals surface area contributed by atoms with E-state index in [-0.39, 0.29) is 17.8 Å². The van der Waals surface area contributed by atoms with E-state index in [1.54, 1.807) is 0 Å². The van der Waals surface area contributed by atoms with Crippen LogP contribution in [0, 0.1) is 6.92 Å². The number of anilines is 2. The first-order chi connectivity index (χ1) is 9.24. The van der Waals surface area contributed by atoms with Crippen molar-refractivity contribution >= 4 is 17.6 Å². The number of aromatic nitrogens is 1. The number of benzene rings is 1. The second-order valence-corrected chi connectivity index (χ2v) is 4.64. The average Bonchev–Trinajstić information content (AvgIpc) is 2.83. The molecule has 0 aliphatic carbocycles. The number of nitrogens with zero attached hydrogens (tertiary/aromatic N) is 1. The highest BCUT2D eigenvalue weighted by Crippen LogP contribution is 2.32. The highest BCUT2D eigenvalue weighted by atomic mass is 16.4. The normalized spacial score (nSPS) is 17.4. The molecular weight excluding hydrogens is 242 g/mol. The largest absolute Gasteiger partial charge is 0.432 e. The minimum absolute atomic E-state index is 0.0733. The molecule has 3 rings (SSSR count). The summed E-state index contributed by atoms with van der Waals surface area (Å²) in [4.78, 5) is 16.4. The van der Waals surface area contributed by atoms with Crippen molar-refractivity contribution in [2.24, 2.45) is 0 Å². The lowest BCUT2D eigenvalue weighted by Crippen LogP contribution is -2.27. The van der Waals surface area contributed by atoms with E-state index < -0.39 is 0 Å². The van der Waals surface area contributed by atoms with E-state index >= 15 is 0 Å². The summed E-state index contributed by atoms with van der Waals surface area (Å²) in [5.74, 6) is -0.236. The Labute approximate surface area is 111 Å². The molecule has 2 aromatic rings. The molecule has 0 bridgehead atoms. The zero-order valence-electron chi connectivity index (χ0n) is 10.6. The first-order valence-electron chi connectivity index (χ1n) is 6.30. The second-order valence-electron chi connectivity index (χ2n) is 4.64. The molecule has 1 aliphatic rings. The number of fused-ring (bicyclic) bond motifs is 1. The number of hydrogen-bond acceptors (Lipinski definition) is 4. The standard InChI is InChI=1S/C14H15N3O2/c1-9-8-19-14(16-9)17-13(18)11-6-7-15-12-5-3-2-4-10(11)12/h2-5,8,11,15H,6-7H2,1H3,(H,16,17,18). The quantitative estimate of drug-likeness (QED) is 0.867. The number of nitrogens with one attached hydrogen (secondary N) is 2. The highest BCUT2D eigenvalue weighted by Gasteiger charge is 2.26. The van der Waals surface area contributed by atoms with Gasteiger partial charge in [0.05, 0.1) is 11.6 Å². The lowest BCUT2D eigenvalue weighted by molar-refractivity contribution is -0.117. The number of oxazole rings is 1. The minimum atomic E-state index is -0.162. The van der Waals surface area contributed by atoms with Gasteiger partial charge in [-0.25, -0.2) is 0 Å². The van der Waals surface area contributed by atoms with Crippen LogP contribution < -0.4 is 10.6 Å². The molecule has 98 valence electrons. The molecule has 5 heteroatoms. The number of hydrogen-bond donors (Lipinski definition) is 2. The molecule has 1 amide bonds. The molecule has 1 aliphatic heterocycles. The lowest BCUT2D eigenvalue weighted by Gasteiger charge is -2.25. The summed E-state index contributed by atoms with van der Waals surface area (Å²) >= 11 is 0. The topological polar surface area (TPSA) is 67.2 Å². The molecule has 0 saturated carbocycles. The van der Waals surface area contributed by atoms with E-state index in [1.165, 1.54) is 6.26 Å². The van der Waals surface area contributed by atoms with E-state index in [2.05, 4.69) is 15.6 Å². The fourth-order valence-electron chi connectivity index (χ4n) is 2.34. The Morgan fingerprint density at radius 1 is 1.47 bits per heavy atom. The zero-order valence-corrected chi connectivity index (χ0v) is 10.6. The van der Waals surface area contributed by atoms with Crippen LogP contribution in [-0.2, 0) is 4.79 Å². The monoisotopic (exact) mass is 257 g/mol. The van der Waals surface area contributed by atoms with Gasteiger partial charge in [-0.2, -0.15) is 4.98 Å². The maximum absolute atomic E-state index is 12.3. The summed E-state index contributed by atoms with van der Waals surface area (Å²) in [6.45, 7) is 2.61. The molecule has 1 unspecified atom stereocenters. The van der Waals surface area contributed by atoms with Gasteiger partial charge in [0.25, 0.3) is 0 Å². The Morgan fingerprint density at radius 2 is 2.32 bits per heavy atom. The summed E-state index contributed by atoms with van der Waals surface area (Å²) in [5, 5.41) is 6.03. The molecule has 0 saturated heterocycles. The number of carbonyl (C=O) groups is 1. The van der Waals surface area contributed by atoms with Crippen molar-refractivity contribution in [3.63, 3.8) is 0 Å². The molecule has 1 aromatic heterocycles. The zero-order chi connectivity index (χ0) is 13.2. The SMILES string of the molecule is Cc1coc(NC(=O)C2CCNc3ccccc32)n1. The minimum Gasteiger partial charge on any atom is -0.432 e. The third-order valence-corrected chi connectivity index (χ3v) is 3.25. The van der Waals surface area contributed by atoms with Crippen molar-refractivity contribution < 1.29 is 9.21 Å². The molecule has 1 aromatic carbocycles. The summed E-state index contributed by atoms with van der Waals surface area (Å²) in [7, 11) is 0. The van der Waals surface area contributed by atoms with Gasteiger partial charge in [-0.3, -0.25) is 10.1 Å². The number of para-hydroxylation sites is 1. The molecule has 0 fully saturated rings. The van der Waals surface area contributed by atoms with Crippen LogP contribution in [0.1, 0.15) is 23.6 Å². The Kier molecular flexibility index (Phi) is 2.95. The summed E-state index contributed by atoms with van der Waals surface area (Å²) in [6, 6.07) is 8.14. The van der Waals surface area contributed by atoms with Crippen molar-refractivity contribution in [1.82, 2.24) is 4.98 Å². The molecule has 0 radical (unpaired) electrons. The predicted octanol–water partition coefficient (Wildman–Crippen LogP) is 2.52. The van der Waals surface area contributed by atoms with Crippen LogP contribution in [0.4, 0.5) is 11.7 Å². The van der Waals surface area contributed by atoms with E-state index in [0.717, 1.165) is 29.9 Å². The summed E-state index contributed by atoms with van der Waals surface area (Å²) in [5.41, 5.74) is 2.80. The lowest BCUT2D eigenvalue weighted by atomic mass is 9.90. The Balaban J connectivity index is 1.81. The van der Waals surface area contributed by atoms with Crippen molar-refractivity contribution in [3.8, 4) is 0 Å². The van der Waals surface area contributed by atoms with Crippen molar-refractivity contribution in [2.45, 2.75) is 19.3 Å². The van der Waals surface area contributed by atoms with E-state index in [4.69, 9.17) is 4.42 Å². The first-order valence-corrected chi connectivity index (χ1v) is 6.30. The maximum Gasteiger partial charge on any atom is 0.301 e. The molecular formula is C14H15N3O2. The number of rotatable bonds is 2. The molecule has 2 heterocycles. The van der Waals surface area contributed by atoms with Crippen LogP contribution >= 0.6 is 0 Å². The fraction of sp³-hybridized carbons (Fsp3) is 0.286. The van der Waals surface area contributed by atoms with Crippen LogP contribution in [0.5, 0.6) is 0 Å². The van der Waals surface area contributed by atoms with Crippen LogP contribution in [0.25, 0.3) is 0 Å². The van der Waals surface area contributed by atoms with Crippen LogP contribution in [-0.4, -0.2) is 17.4 Å². The molecule has 19 heavy (non-hydrogen) atoms. The Hall–Kier alpha value is -2.30. The van der Waals surface area contributed by atoms with Crippen molar-refractivity contribution in [2.75, 3.05) is 17.2 Å². The third kappa shape index (κ3) is 2.31. The Morgan fingerprint density at radius 3 is 3.11 bits per heavy atom. The van der Waals surface area contributed by atoms with Gasteiger partial charge in [-0.05, 0) is 25.0 Å². The predicted molar refractivity (Wildman–Crippen MR) is 72.2 cm³/mol. The van der Waals surface area contributed by atoms with Gasteiger partial charge in [0.2, 0.25) is 5.91 Å². The van der Waals surface area contributed by atoms with Gasteiger partial charge in [0.15, 0.2) is 0 Å². The summed E-state index contributed by atoms with van der Waals surface area (Å²) in [6.07, 6.45) is 2.29. The van der Waals surface area contributed by atoms with Gasteiger partial charge < -0.3 is 9.73 Å². The second kappa shape index (κ2) is 4.76. The highest BCUT2D eigenvalue weighted by molar-refractivity contribution is 5.95. The third-order valence-electron chi connectivity index (χ3n) is 3.25. The number of amides is 1. The van der Waals surface area contributed by atoms with Gasteiger partial charge in [0.1, 0.15) is 6.26 Å². The van der Waals surface area contributed by atoms with Gasteiger partial charge in [0, 0.05) is 12.2 Å². The smallest absolute Gasteiger partial charge is 0.301 e.